The molecule has 0 atom stereocenters. The quantitative estimate of drug-likeness (QED) is 0.711. The Morgan fingerprint density at radius 3 is 2.55 bits per heavy atom. The number of fused-ring (bicyclic) bond motifs is 2. The molecule has 0 aliphatic carbocycles. The predicted molar refractivity (Wildman–Crippen MR) is 114 cm³/mol. The molecule has 0 bridgehead atoms. The minimum atomic E-state index is -3.65. The molecule has 0 fully saturated rings. The van der Waals surface area contributed by atoms with E-state index in [2.05, 4.69) is 18.8 Å². The highest BCUT2D eigenvalue weighted by molar-refractivity contribution is 7.92. The molecule has 4 rings (SSSR count). The monoisotopic (exact) mass is 410 g/mol. The maximum absolute atomic E-state index is 13.4. The van der Waals surface area contributed by atoms with Crippen molar-refractivity contribution in [2.45, 2.75) is 31.7 Å². The molecular weight excluding hydrogens is 388 g/mol. The first-order valence-electron chi connectivity index (χ1n) is 9.54. The van der Waals surface area contributed by atoms with Gasteiger partial charge < -0.3 is 9.67 Å². The second-order valence-corrected chi connectivity index (χ2v) is 9.62. The lowest BCUT2D eigenvalue weighted by molar-refractivity contribution is 0.474. The van der Waals surface area contributed by atoms with Crippen molar-refractivity contribution < 1.29 is 13.5 Å². The lowest BCUT2D eigenvalue weighted by Gasteiger charge is -2.19. The molecule has 29 heavy (non-hydrogen) atoms. The largest absolute Gasteiger partial charge is 0.506 e. The molecule has 150 valence electrons. The summed E-state index contributed by atoms with van der Waals surface area (Å²) >= 11 is 0. The van der Waals surface area contributed by atoms with E-state index >= 15 is 0 Å². The van der Waals surface area contributed by atoms with Crippen molar-refractivity contribution in [1.82, 2.24) is 4.57 Å². The van der Waals surface area contributed by atoms with E-state index in [-0.39, 0.29) is 27.6 Å². The predicted octanol–water partition coefficient (Wildman–Crippen LogP) is 3.66. The Morgan fingerprint density at radius 1 is 1.10 bits per heavy atom. The minimum Gasteiger partial charge on any atom is -0.506 e. The van der Waals surface area contributed by atoms with E-state index in [1.165, 1.54) is 6.07 Å². The van der Waals surface area contributed by atoms with Crippen molar-refractivity contribution in [1.29, 1.82) is 0 Å². The van der Waals surface area contributed by atoms with Crippen molar-refractivity contribution in [2.24, 2.45) is 10.9 Å². The Balaban J connectivity index is 2.00. The highest BCUT2D eigenvalue weighted by Gasteiger charge is 2.30. The van der Waals surface area contributed by atoms with Gasteiger partial charge in [-0.25, -0.2) is 8.42 Å². The number of hydrogen-bond acceptors (Lipinski definition) is 5. The number of aromatic hydroxyl groups is 1. The third-order valence-corrected chi connectivity index (χ3v) is 6.82. The highest BCUT2D eigenvalue weighted by Crippen LogP contribution is 2.33. The average Bonchev–Trinajstić information content (AvgIpc) is 2.67. The molecule has 0 amide bonds. The number of hydrogen-bond donors (Lipinski definition) is 1. The molecule has 1 N–H and O–H groups in total. The van der Waals surface area contributed by atoms with E-state index < -0.39 is 21.1 Å². The van der Waals surface area contributed by atoms with Gasteiger partial charge in [-0.1, -0.05) is 38.1 Å². The van der Waals surface area contributed by atoms with E-state index in [4.69, 9.17) is 0 Å². The number of aromatic nitrogens is 1. The topological polar surface area (TPSA) is 88.7 Å². The Hall–Kier alpha value is -2.93. The summed E-state index contributed by atoms with van der Waals surface area (Å²) in [7, 11) is -3.65. The van der Waals surface area contributed by atoms with Crippen LogP contribution in [0.1, 0.15) is 25.8 Å². The van der Waals surface area contributed by atoms with Gasteiger partial charge in [0.25, 0.3) is 5.56 Å². The van der Waals surface area contributed by atoms with Crippen LogP contribution in [0.3, 0.4) is 0 Å². The number of nitrogens with zero attached hydrogens (tertiary/aromatic N) is 2. The van der Waals surface area contributed by atoms with Crippen molar-refractivity contribution in [3.63, 3.8) is 0 Å². The average molecular weight is 410 g/mol. The number of sulfone groups is 1. The Kier molecular flexibility index (Phi) is 4.78. The summed E-state index contributed by atoms with van der Waals surface area (Å²) in [5, 5.41) is 11.4. The first-order valence-corrected chi connectivity index (χ1v) is 11.2. The normalized spacial score (nSPS) is 15.3. The Labute approximate surface area is 169 Å². The number of aliphatic imine (C=N–C) groups is 1. The fourth-order valence-corrected chi connectivity index (χ4v) is 5.08. The summed E-state index contributed by atoms with van der Waals surface area (Å²) in [6, 6.07) is 13.5. The maximum atomic E-state index is 13.4. The molecule has 0 radical (unpaired) electrons. The van der Waals surface area contributed by atoms with E-state index in [9.17, 15) is 18.3 Å². The molecule has 0 unspecified atom stereocenters. The van der Waals surface area contributed by atoms with Crippen LogP contribution in [0.4, 0.5) is 5.69 Å². The number of para-hydroxylation sites is 2. The van der Waals surface area contributed by atoms with Gasteiger partial charge in [-0.15, -0.1) is 0 Å². The van der Waals surface area contributed by atoms with Crippen LogP contribution >= 0.6 is 0 Å². The van der Waals surface area contributed by atoms with Gasteiger partial charge in [0.1, 0.15) is 11.3 Å². The minimum absolute atomic E-state index is 0.0365. The van der Waals surface area contributed by atoms with Crippen molar-refractivity contribution in [3.8, 4) is 5.75 Å². The number of rotatable bonds is 4. The molecule has 7 heteroatoms. The van der Waals surface area contributed by atoms with Gasteiger partial charge in [0.2, 0.25) is 0 Å². The molecule has 1 aliphatic rings. The van der Waals surface area contributed by atoms with E-state index in [1.807, 2.05) is 6.07 Å². The number of benzene rings is 2. The van der Waals surface area contributed by atoms with Crippen molar-refractivity contribution >= 4 is 32.1 Å². The van der Waals surface area contributed by atoms with Crippen LogP contribution in [-0.2, 0) is 16.4 Å². The number of aryl methyl sites for hydroxylation is 1. The van der Waals surface area contributed by atoms with Gasteiger partial charge in [0, 0.05) is 11.9 Å². The molecular formula is C22H22N2O4S. The second kappa shape index (κ2) is 7.15. The third kappa shape index (κ3) is 3.35. The third-order valence-electron chi connectivity index (χ3n) is 5.15. The molecule has 2 aromatic carbocycles. The van der Waals surface area contributed by atoms with Crippen LogP contribution in [0, 0.1) is 5.92 Å². The molecule has 0 saturated carbocycles. The number of pyridine rings is 1. The molecule has 0 saturated heterocycles. The molecule has 1 aliphatic heterocycles. The van der Waals surface area contributed by atoms with Crippen LogP contribution in [-0.4, -0.2) is 29.6 Å². The zero-order valence-electron chi connectivity index (χ0n) is 16.3. The first-order chi connectivity index (χ1) is 13.8. The van der Waals surface area contributed by atoms with Crippen LogP contribution in [0.2, 0.25) is 0 Å². The summed E-state index contributed by atoms with van der Waals surface area (Å²) < 4.78 is 27.2. The maximum Gasteiger partial charge on any atom is 0.263 e. The molecule has 1 aromatic heterocycles. The summed E-state index contributed by atoms with van der Waals surface area (Å²) in [6.45, 7) is 4.62. The van der Waals surface area contributed by atoms with Crippen molar-refractivity contribution in [2.75, 3.05) is 5.75 Å². The zero-order valence-corrected chi connectivity index (χ0v) is 17.1. The van der Waals surface area contributed by atoms with Crippen LogP contribution in [0.25, 0.3) is 10.9 Å². The van der Waals surface area contributed by atoms with Crippen LogP contribution in [0.15, 0.2) is 63.2 Å². The standard InChI is InChI=1S/C22H22N2O4S/c1-14(2)11-12-24-18-9-5-3-7-15(18)21(25)20(22(24)26)17-13-29(27,28)19-10-6-4-8-16(19)23-17/h3-10,14,25H,11-13H2,1-2H3. The van der Waals surface area contributed by atoms with E-state index in [1.54, 1.807) is 41.0 Å². The zero-order chi connectivity index (χ0) is 20.8. The summed E-state index contributed by atoms with van der Waals surface area (Å²) in [4.78, 5) is 17.9. The van der Waals surface area contributed by atoms with Gasteiger partial charge in [-0.2, -0.15) is 0 Å². The SMILES string of the molecule is CC(C)CCn1c(=O)c(C2=Nc3ccccc3S(=O)(=O)C2)c(O)c2ccccc21. The van der Waals surface area contributed by atoms with Crippen molar-refractivity contribution in [3.05, 3.63) is 64.4 Å². The molecule has 6 nitrogen and oxygen atoms in total. The van der Waals surface area contributed by atoms with Gasteiger partial charge in [-0.3, -0.25) is 9.79 Å². The van der Waals surface area contributed by atoms with Gasteiger partial charge in [0.05, 0.1) is 27.6 Å². The fourth-order valence-electron chi connectivity index (χ4n) is 3.63. The Bertz CT molecular complexity index is 1300. The summed E-state index contributed by atoms with van der Waals surface area (Å²) in [5.41, 5.74) is 0.532. The Morgan fingerprint density at radius 2 is 1.79 bits per heavy atom. The highest BCUT2D eigenvalue weighted by atomic mass is 32.2. The smallest absolute Gasteiger partial charge is 0.263 e. The lowest BCUT2D eigenvalue weighted by atomic mass is 10.1. The summed E-state index contributed by atoms with van der Waals surface area (Å²) in [6.07, 6.45) is 0.779. The molecule has 3 aromatic rings. The fraction of sp³-hybridized carbons (Fsp3) is 0.273. The first kappa shape index (κ1) is 19.4. The second-order valence-electron chi connectivity index (χ2n) is 7.67. The van der Waals surface area contributed by atoms with Gasteiger partial charge in [0.15, 0.2) is 9.84 Å². The summed E-state index contributed by atoms with van der Waals surface area (Å²) in [5.74, 6) is -0.257. The van der Waals surface area contributed by atoms with Crippen LogP contribution < -0.4 is 5.56 Å². The van der Waals surface area contributed by atoms with Gasteiger partial charge in [-0.05, 0) is 36.6 Å². The van der Waals surface area contributed by atoms with E-state index in [0.717, 1.165) is 6.42 Å². The van der Waals surface area contributed by atoms with Crippen LogP contribution in [0.5, 0.6) is 5.75 Å². The van der Waals surface area contributed by atoms with Gasteiger partial charge >= 0.3 is 0 Å². The molecule has 2 heterocycles. The molecule has 0 spiro atoms. The lowest BCUT2D eigenvalue weighted by Crippen LogP contribution is -2.31. The van der Waals surface area contributed by atoms with E-state index in [0.29, 0.717) is 23.4 Å².